The summed E-state index contributed by atoms with van der Waals surface area (Å²) in [5.74, 6) is 0.148. The number of allylic oxidation sites excluding steroid dienone is 5. The van der Waals surface area contributed by atoms with Crippen molar-refractivity contribution in [3.05, 3.63) is 89.5 Å². The van der Waals surface area contributed by atoms with Crippen molar-refractivity contribution in [3.63, 3.8) is 0 Å². The number of Topliss-reactive ketones (excluding diaryl/α,β-unsaturated/α-hetero) is 1. The summed E-state index contributed by atoms with van der Waals surface area (Å²) >= 11 is 0. The van der Waals surface area contributed by atoms with Crippen LogP contribution in [0.5, 0.6) is 0 Å². The standard InChI is InChI=1S/C24H28O/c1-19-18-21-14-10-8-6-7-9-11-15-22(21)23(3,4)16-12-13-17-24(19,5)20(2)25/h6-18H,1-5H3/b7-6?,8-6?,9-7?,10-8?,11-9?,14-10?,15-11?,16-12-,17-13-,19-18-,21-14?,22-15?,22-21?. The molecule has 1 unspecified atom stereocenters. The molecule has 0 saturated heterocycles. The van der Waals surface area contributed by atoms with Crippen LogP contribution in [-0.2, 0) is 10.2 Å². The van der Waals surface area contributed by atoms with Crippen LogP contribution in [0.1, 0.15) is 45.7 Å². The molecular weight excluding hydrogens is 304 g/mol. The maximum Gasteiger partial charge on any atom is 0.143 e. The molecule has 1 atom stereocenters. The van der Waals surface area contributed by atoms with Gasteiger partial charge in [0.25, 0.3) is 0 Å². The predicted molar refractivity (Wildman–Crippen MR) is 108 cm³/mol. The van der Waals surface area contributed by atoms with Crippen LogP contribution in [-0.4, -0.2) is 5.78 Å². The number of fused-ring (bicyclic) bond motifs is 1. The Kier molecular flexibility index (Phi) is 5.79. The van der Waals surface area contributed by atoms with Crippen molar-refractivity contribution in [1.29, 1.82) is 0 Å². The smallest absolute Gasteiger partial charge is 0.143 e. The average molecular weight is 332 g/mol. The second kappa shape index (κ2) is 7.65. The second-order valence-corrected chi connectivity index (χ2v) is 7.38. The van der Waals surface area contributed by atoms with E-state index < -0.39 is 5.41 Å². The summed E-state index contributed by atoms with van der Waals surface area (Å²) in [6, 6.07) is 16.5. The average Bonchev–Trinajstić information content (AvgIpc) is 2.55. The fourth-order valence-electron chi connectivity index (χ4n) is 3.01. The Bertz CT molecular complexity index is 791. The van der Waals surface area contributed by atoms with Crippen LogP contribution in [0.3, 0.4) is 0 Å². The van der Waals surface area contributed by atoms with Gasteiger partial charge >= 0.3 is 0 Å². The zero-order valence-corrected chi connectivity index (χ0v) is 15.9. The summed E-state index contributed by atoms with van der Waals surface area (Å²) in [4.78, 5) is 12.3. The van der Waals surface area contributed by atoms with Gasteiger partial charge in [-0.25, -0.2) is 0 Å². The SMILES string of the molecule is CC(=O)C1(C)/C=C\C=C/C(C)(C)c2ccccccccc2/C=C\1C. The minimum atomic E-state index is -0.591. The highest BCUT2D eigenvalue weighted by Gasteiger charge is 2.29. The third-order valence-electron chi connectivity index (χ3n) is 5.08. The van der Waals surface area contributed by atoms with Crippen molar-refractivity contribution < 1.29 is 4.79 Å². The number of carbonyl (C=O) groups is 1. The summed E-state index contributed by atoms with van der Waals surface area (Å²) in [7, 11) is 0. The van der Waals surface area contributed by atoms with E-state index >= 15 is 0 Å². The number of carbonyl (C=O) groups excluding carboxylic acids is 1. The monoisotopic (exact) mass is 332 g/mol. The number of ketones is 1. The third kappa shape index (κ3) is 4.36. The lowest BCUT2D eigenvalue weighted by Crippen LogP contribution is -2.25. The normalized spacial score (nSPS) is 26.2. The number of hydrogen-bond acceptors (Lipinski definition) is 1. The highest BCUT2D eigenvalue weighted by Crippen LogP contribution is 2.35. The molecule has 130 valence electrons. The molecule has 1 aromatic carbocycles. The van der Waals surface area contributed by atoms with Crippen LogP contribution in [0.4, 0.5) is 0 Å². The zero-order valence-electron chi connectivity index (χ0n) is 15.9. The molecule has 0 N–H and O–H groups in total. The lowest BCUT2D eigenvalue weighted by atomic mass is 9.75. The van der Waals surface area contributed by atoms with Gasteiger partial charge in [0.1, 0.15) is 5.78 Å². The Morgan fingerprint density at radius 1 is 0.840 bits per heavy atom. The molecular formula is C24H28O. The lowest BCUT2D eigenvalue weighted by molar-refractivity contribution is -0.121. The van der Waals surface area contributed by atoms with E-state index in [4.69, 9.17) is 0 Å². The van der Waals surface area contributed by atoms with Crippen LogP contribution in [0.2, 0.25) is 0 Å². The van der Waals surface area contributed by atoms with Crippen LogP contribution in [0.25, 0.3) is 6.08 Å². The molecule has 0 aliphatic heterocycles. The molecule has 0 heterocycles. The van der Waals surface area contributed by atoms with Gasteiger partial charge in [0, 0.05) is 5.41 Å². The molecule has 1 nitrogen and oxygen atoms in total. The summed E-state index contributed by atoms with van der Waals surface area (Å²) < 4.78 is 0. The molecule has 0 aromatic heterocycles. The minimum absolute atomic E-state index is 0.127. The van der Waals surface area contributed by atoms with Gasteiger partial charge in [-0.3, -0.25) is 4.79 Å². The first-order valence-electron chi connectivity index (χ1n) is 8.77. The van der Waals surface area contributed by atoms with Crippen molar-refractivity contribution in [3.8, 4) is 0 Å². The highest BCUT2D eigenvalue weighted by atomic mass is 16.1. The van der Waals surface area contributed by atoms with Gasteiger partial charge < -0.3 is 0 Å². The highest BCUT2D eigenvalue weighted by molar-refractivity contribution is 5.89. The van der Waals surface area contributed by atoms with Gasteiger partial charge in [0.15, 0.2) is 0 Å². The Morgan fingerprint density at radius 3 is 2.04 bits per heavy atom. The van der Waals surface area contributed by atoms with Crippen LogP contribution in [0, 0.1) is 5.41 Å². The Labute approximate surface area is 152 Å². The first-order valence-corrected chi connectivity index (χ1v) is 8.77. The molecule has 1 aromatic rings. The van der Waals surface area contributed by atoms with Crippen LogP contribution >= 0.6 is 0 Å². The van der Waals surface area contributed by atoms with Gasteiger partial charge in [-0.05, 0) is 31.9 Å². The van der Waals surface area contributed by atoms with Gasteiger partial charge in [0.2, 0.25) is 0 Å². The molecule has 0 bridgehead atoms. The van der Waals surface area contributed by atoms with E-state index in [1.165, 1.54) is 5.56 Å². The molecule has 0 radical (unpaired) electrons. The van der Waals surface area contributed by atoms with E-state index in [0.29, 0.717) is 0 Å². The van der Waals surface area contributed by atoms with Gasteiger partial charge in [0.05, 0.1) is 5.41 Å². The van der Waals surface area contributed by atoms with Crippen molar-refractivity contribution in [1.82, 2.24) is 0 Å². The Balaban J connectivity index is 2.87. The van der Waals surface area contributed by atoms with E-state index in [-0.39, 0.29) is 11.2 Å². The maximum atomic E-state index is 12.3. The molecule has 1 aliphatic carbocycles. The van der Waals surface area contributed by atoms with Crippen molar-refractivity contribution in [2.75, 3.05) is 0 Å². The first-order chi connectivity index (χ1) is 11.8. The summed E-state index contributed by atoms with van der Waals surface area (Å²) in [5.41, 5.74) is 2.68. The number of rotatable bonds is 1. The van der Waals surface area contributed by atoms with E-state index in [1.54, 1.807) is 6.92 Å². The van der Waals surface area contributed by atoms with Gasteiger partial charge in [-0.1, -0.05) is 98.3 Å². The van der Waals surface area contributed by atoms with Crippen molar-refractivity contribution in [2.24, 2.45) is 5.41 Å². The minimum Gasteiger partial charge on any atom is -0.299 e. The van der Waals surface area contributed by atoms with E-state index in [2.05, 4.69) is 56.3 Å². The predicted octanol–water partition coefficient (Wildman–Crippen LogP) is 6.21. The van der Waals surface area contributed by atoms with E-state index in [0.717, 1.165) is 11.1 Å². The van der Waals surface area contributed by atoms with Crippen molar-refractivity contribution in [2.45, 2.75) is 40.0 Å². The number of hydrogen-bond donors (Lipinski definition) is 0. The van der Waals surface area contributed by atoms with Gasteiger partial charge in [-0.15, -0.1) is 0 Å². The fourth-order valence-corrected chi connectivity index (χ4v) is 3.01. The Morgan fingerprint density at radius 2 is 1.40 bits per heavy atom. The molecule has 0 amide bonds. The lowest BCUT2D eigenvalue weighted by Gasteiger charge is -2.27. The fraction of sp³-hybridized carbons (Fsp3) is 0.292. The topological polar surface area (TPSA) is 17.1 Å². The zero-order chi connectivity index (χ0) is 18.5. The molecule has 0 saturated carbocycles. The first kappa shape index (κ1) is 18.9. The molecule has 2 rings (SSSR count). The van der Waals surface area contributed by atoms with Gasteiger partial charge in [-0.2, -0.15) is 0 Å². The van der Waals surface area contributed by atoms with Crippen molar-refractivity contribution >= 4 is 11.9 Å². The summed E-state index contributed by atoms with van der Waals surface area (Å²) in [5, 5.41) is 0. The maximum absolute atomic E-state index is 12.3. The largest absolute Gasteiger partial charge is 0.299 e. The molecule has 1 aliphatic rings. The molecule has 25 heavy (non-hydrogen) atoms. The second-order valence-electron chi connectivity index (χ2n) is 7.38. The van der Waals surface area contributed by atoms with E-state index in [9.17, 15) is 4.79 Å². The molecule has 0 fully saturated rings. The summed E-state index contributed by atoms with van der Waals surface area (Å²) in [6.07, 6.45) is 10.4. The third-order valence-corrected chi connectivity index (χ3v) is 5.08. The van der Waals surface area contributed by atoms with E-state index in [1.807, 2.05) is 50.3 Å². The van der Waals surface area contributed by atoms with Crippen LogP contribution in [0.15, 0.2) is 78.4 Å². The molecule has 0 spiro atoms. The molecule has 1 heteroatoms. The van der Waals surface area contributed by atoms with Crippen LogP contribution < -0.4 is 0 Å². The summed E-state index contributed by atoms with van der Waals surface area (Å²) in [6.45, 7) is 10.1. The quantitative estimate of drug-likeness (QED) is 0.597. The Hall–Kier alpha value is -2.41.